The molecule has 1 N–H and O–H groups in total. The number of hydrogen-bond donors (Lipinski definition) is 1. The summed E-state index contributed by atoms with van der Waals surface area (Å²) in [4.78, 5) is 35.4. The maximum atomic E-state index is 13.3. The lowest BCUT2D eigenvalue weighted by molar-refractivity contribution is -0.387. The van der Waals surface area contributed by atoms with Crippen LogP contribution < -0.4 is 10.2 Å². The maximum absolute atomic E-state index is 13.3. The number of nitro groups is 1. The Morgan fingerprint density at radius 1 is 1.23 bits per heavy atom. The second kappa shape index (κ2) is 7.30. The molecule has 0 unspecified atom stereocenters. The highest BCUT2D eigenvalue weighted by atomic mass is 19.1. The van der Waals surface area contributed by atoms with Crippen molar-refractivity contribution < 1.29 is 18.9 Å². The smallest absolute Gasteiger partial charge is 0.306 e. The minimum absolute atomic E-state index is 0.0550. The van der Waals surface area contributed by atoms with Crippen LogP contribution in [0.3, 0.4) is 0 Å². The second-order valence-electron chi connectivity index (χ2n) is 5.96. The Hall–Kier alpha value is -3.29. The molecule has 0 spiro atoms. The molecule has 1 heterocycles. The Morgan fingerprint density at radius 2 is 1.96 bits per heavy atom. The first-order chi connectivity index (χ1) is 12.4. The number of nitro benzene ring substituents is 1. The van der Waals surface area contributed by atoms with Gasteiger partial charge < -0.3 is 10.2 Å². The molecule has 2 amide bonds. The summed E-state index contributed by atoms with van der Waals surface area (Å²) in [5.74, 6) is -1.25. The zero-order chi connectivity index (χ0) is 18.7. The fourth-order valence-electron chi connectivity index (χ4n) is 2.84. The number of rotatable bonds is 5. The van der Waals surface area contributed by atoms with Gasteiger partial charge >= 0.3 is 5.69 Å². The topological polar surface area (TPSA) is 92.6 Å². The van der Waals surface area contributed by atoms with Gasteiger partial charge in [-0.25, -0.2) is 0 Å². The highest BCUT2D eigenvalue weighted by Crippen LogP contribution is 2.23. The summed E-state index contributed by atoms with van der Waals surface area (Å²) in [6.07, 6.45) is 1.44. The van der Waals surface area contributed by atoms with Gasteiger partial charge in [0.2, 0.25) is 17.6 Å². The minimum atomic E-state index is -0.958. The Morgan fingerprint density at radius 3 is 2.58 bits per heavy atom. The van der Waals surface area contributed by atoms with Crippen LogP contribution in [0.15, 0.2) is 42.5 Å². The molecule has 8 heteroatoms. The summed E-state index contributed by atoms with van der Waals surface area (Å²) >= 11 is 0. The lowest BCUT2D eigenvalue weighted by Crippen LogP contribution is -2.23. The zero-order valence-corrected chi connectivity index (χ0v) is 13.8. The van der Waals surface area contributed by atoms with Crippen LogP contribution in [0.2, 0.25) is 0 Å². The first-order valence-corrected chi connectivity index (χ1v) is 8.07. The molecular weight excluding hydrogens is 341 g/mol. The van der Waals surface area contributed by atoms with Crippen LogP contribution in [0.25, 0.3) is 0 Å². The van der Waals surface area contributed by atoms with Crippen molar-refractivity contribution in [2.24, 2.45) is 0 Å². The number of nitrogens with zero attached hydrogens (tertiary/aromatic N) is 2. The fourth-order valence-corrected chi connectivity index (χ4v) is 2.84. The summed E-state index contributed by atoms with van der Waals surface area (Å²) in [5.41, 5.74) is 0.991. The van der Waals surface area contributed by atoms with E-state index < -0.39 is 16.4 Å². The highest BCUT2D eigenvalue weighted by Gasteiger charge is 2.21. The molecule has 2 aromatic carbocycles. The average molecular weight is 357 g/mol. The number of nitrogens with one attached hydrogen (secondary N) is 1. The summed E-state index contributed by atoms with van der Waals surface area (Å²) < 4.78 is 13.3. The van der Waals surface area contributed by atoms with Gasteiger partial charge in [-0.3, -0.25) is 19.7 Å². The molecule has 2 aromatic rings. The molecule has 3 rings (SSSR count). The van der Waals surface area contributed by atoms with E-state index in [1.165, 1.54) is 6.07 Å². The lowest BCUT2D eigenvalue weighted by Gasteiger charge is -2.15. The van der Waals surface area contributed by atoms with Gasteiger partial charge in [-0.2, -0.15) is 4.39 Å². The normalized spacial score (nSPS) is 13.7. The van der Waals surface area contributed by atoms with Crippen molar-refractivity contribution in [3.63, 3.8) is 0 Å². The molecule has 0 aromatic heterocycles. The van der Waals surface area contributed by atoms with Crippen molar-refractivity contribution in [3.05, 3.63) is 64.0 Å². The minimum Gasteiger partial charge on any atom is -0.326 e. The molecule has 1 fully saturated rings. The summed E-state index contributed by atoms with van der Waals surface area (Å²) in [6, 6.07) is 10.3. The number of halogens is 1. The fraction of sp³-hybridized carbons (Fsp3) is 0.222. The number of hydrogen-bond acceptors (Lipinski definition) is 4. The second-order valence-corrected chi connectivity index (χ2v) is 5.96. The molecule has 1 saturated heterocycles. The first-order valence-electron chi connectivity index (χ1n) is 8.07. The van der Waals surface area contributed by atoms with Gasteiger partial charge in [-0.15, -0.1) is 0 Å². The van der Waals surface area contributed by atoms with Crippen molar-refractivity contribution >= 4 is 28.9 Å². The van der Waals surface area contributed by atoms with E-state index in [0.717, 1.165) is 29.8 Å². The van der Waals surface area contributed by atoms with Crippen LogP contribution in [0, 0.1) is 15.9 Å². The molecule has 1 aliphatic heterocycles. The van der Waals surface area contributed by atoms with Gasteiger partial charge in [0.1, 0.15) is 0 Å². The molecule has 0 saturated carbocycles. The SMILES string of the molecule is O=C(Cc1ccc(N2CCCC2=O)cc1)Nc1ccc(F)c([N+](=O)[O-])c1. The first kappa shape index (κ1) is 17.5. The van der Waals surface area contributed by atoms with Crippen LogP contribution in [0.1, 0.15) is 18.4 Å². The predicted octanol–water partition coefficient (Wildman–Crippen LogP) is 3.04. The van der Waals surface area contributed by atoms with Crippen LogP contribution in [-0.4, -0.2) is 23.3 Å². The third kappa shape index (κ3) is 3.85. The number of amides is 2. The summed E-state index contributed by atoms with van der Waals surface area (Å²) in [6.45, 7) is 0.696. The standard InChI is InChI=1S/C18H16FN3O4/c19-15-8-5-13(11-16(15)22(25)26)20-17(23)10-12-3-6-14(7-4-12)21-9-1-2-18(21)24/h3-8,11H,1-2,9-10H2,(H,20,23). The van der Waals surface area contributed by atoms with Gasteiger partial charge in [-0.05, 0) is 36.2 Å². The maximum Gasteiger partial charge on any atom is 0.306 e. The Kier molecular flexibility index (Phi) is 4.92. The van der Waals surface area contributed by atoms with Gasteiger partial charge in [-0.1, -0.05) is 12.1 Å². The van der Waals surface area contributed by atoms with Crippen molar-refractivity contribution in [1.82, 2.24) is 0 Å². The molecule has 0 radical (unpaired) electrons. The third-order valence-electron chi connectivity index (χ3n) is 4.11. The van der Waals surface area contributed by atoms with Crippen LogP contribution in [-0.2, 0) is 16.0 Å². The quantitative estimate of drug-likeness (QED) is 0.657. The third-order valence-corrected chi connectivity index (χ3v) is 4.11. The molecule has 7 nitrogen and oxygen atoms in total. The molecule has 0 bridgehead atoms. The largest absolute Gasteiger partial charge is 0.326 e. The van der Waals surface area contributed by atoms with E-state index in [0.29, 0.717) is 13.0 Å². The number of carbonyl (C=O) groups excluding carboxylic acids is 2. The molecule has 134 valence electrons. The van der Waals surface area contributed by atoms with E-state index in [2.05, 4.69) is 5.32 Å². The monoisotopic (exact) mass is 357 g/mol. The highest BCUT2D eigenvalue weighted by molar-refractivity contribution is 5.95. The Bertz CT molecular complexity index is 867. The lowest BCUT2D eigenvalue weighted by atomic mass is 10.1. The van der Waals surface area contributed by atoms with Gasteiger partial charge in [0, 0.05) is 30.4 Å². The number of anilines is 2. The molecule has 0 aliphatic carbocycles. The molecular formula is C18H16FN3O4. The average Bonchev–Trinajstić information content (AvgIpc) is 3.03. The van der Waals surface area contributed by atoms with Crippen molar-refractivity contribution in [2.45, 2.75) is 19.3 Å². The van der Waals surface area contributed by atoms with E-state index in [4.69, 9.17) is 0 Å². The van der Waals surface area contributed by atoms with Crippen LogP contribution >= 0.6 is 0 Å². The van der Waals surface area contributed by atoms with E-state index in [1.54, 1.807) is 29.2 Å². The zero-order valence-electron chi connectivity index (χ0n) is 13.8. The van der Waals surface area contributed by atoms with Crippen molar-refractivity contribution in [2.75, 3.05) is 16.8 Å². The van der Waals surface area contributed by atoms with E-state index in [9.17, 15) is 24.1 Å². The molecule has 0 atom stereocenters. The van der Waals surface area contributed by atoms with Crippen LogP contribution in [0.5, 0.6) is 0 Å². The van der Waals surface area contributed by atoms with Crippen molar-refractivity contribution in [3.8, 4) is 0 Å². The van der Waals surface area contributed by atoms with E-state index in [-0.39, 0.29) is 23.9 Å². The molecule has 1 aliphatic rings. The van der Waals surface area contributed by atoms with Crippen molar-refractivity contribution in [1.29, 1.82) is 0 Å². The Labute approximate surface area is 148 Å². The summed E-state index contributed by atoms with van der Waals surface area (Å²) in [5, 5.41) is 13.3. The Balaban J connectivity index is 1.64. The predicted molar refractivity (Wildman–Crippen MR) is 93.4 cm³/mol. The summed E-state index contributed by atoms with van der Waals surface area (Å²) in [7, 11) is 0. The van der Waals surface area contributed by atoms with Gasteiger partial charge in [0.25, 0.3) is 0 Å². The van der Waals surface area contributed by atoms with Gasteiger partial charge in [0.15, 0.2) is 0 Å². The number of benzene rings is 2. The van der Waals surface area contributed by atoms with E-state index >= 15 is 0 Å². The van der Waals surface area contributed by atoms with Crippen LogP contribution in [0.4, 0.5) is 21.5 Å². The van der Waals surface area contributed by atoms with E-state index in [1.807, 2.05) is 0 Å². The van der Waals surface area contributed by atoms with Gasteiger partial charge in [0.05, 0.1) is 11.3 Å². The number of carbonyl (C=O) groups is 2. The molecule has 26 heavy (non-hydrogen) atoms.